The number of hydrogen-bond acceptors (Lipinski definition) is 3. The molecule has 2 amide bonds. The summed E-state index contributed by atoms with van der Waals surface area (Å²) in [6.07, 6.45) is 3.34. The van der Waals surface area contributed by atoms with E-state index in [4.69, 9.17) is 0 Å². The van der Waals surface area contributed by atoms with Gasteiger partial charge in [-0.1, -0.05) is 12.6 Å². The molecule has 5 nitrogen and oxygen atoms in total. The Hall–Kier alpha value is -2.30. The van der Waals surface area contributed by atoms with Crippen LogP contribution in [0.3, 0.4) is 0 Å². The molecule has 2 N–H and O–H groups in total. The molecule has 120 valence electrons. The van der Waals surface area contributed by atoms with Crippen LogP contribution in [-0.4, -0.2) is 36.3 Å². The third-order valence-electron chi connectivity index (χ3n) is 5.38. The van der Waals surface area contributed by atoms with E-state index in [9.17, 15) is 9.59 Å². The van der Waals surface area contributed by atoms with Crippen molar-refractivity contribution in [2.24, 2.45) is 5.41 Å². The number of nitrogens with zero attached hydrogens (tertiary/aromatic N) is 1. The summed E-state index contributed by atoms with van der Waals surface area (Å²) in [7, 11) is 0. The first kappa shape index (κ1) is 14.3. The number of allylic oxidation sites excluding steroid dienone is 1. The van der Waals surface area contributed by atoms with Gasteiger partial charge in [-0.25, -0.2) is 0 Å². The number of amides is 2. The minimum atomic E-state index is -0.425. The van der Waals surface area contributed by atoms with Crippen molar-refractivity contribution >= 4 is 17.5 Å². The zero-order chi connectivity index (χ0) is 16.0. The van der Waals surface area contributed by atoms with Crippen LogP contribution in [0, 0.1) is 5.41 Å². The van der Waals surface area contributed by atoms with Gasteiger partial charge in [0, 0.05) is 36.6 Å². The molecule has 1 unspecified atom stereocenters. The van der Waals surface area contributed by atoms with Crippen LogP contribution in [0.2, 0.25) is 0 Å². The molecule has 0 saturated carbocycles. The number of anilines is 1. The Morgan fingerprint density at radius 1 is 1.26 bits per heavy atom. The molecule has 4 rings (SSSR count). The molecule has 2 saturated heterocycles. The van der Waals surface area contributed by atoms with E-state index >= 15 is 0 Å². The summed E-state index contributed by atoms with van der Waals surface area (Å²) in [5.74, 6) is 0.0512. The first-order valence-electron chi connectivity index (χ1n) is 8.23. The number of hydrogen-bond donors (Lipinski definition) is 2. The Morgan fingerprint density at radius 2 is 2.13 bits per heavy atom. The number of nitrogens with one attached hydrogen (secondary N) is 2. The summed E-state index contributed by atoms with van der Waals surface area (Å²) in [6.45, 7) is 5.92. The van der Waals surface area contributed by atoms with Crippen molar-refractivity contribution in [3.05, 3.63) is 41.6 Å². The third-order valence-corrected chi connectivity index (χ3v) is 5.38. The smallest absolute Gasteiger partial charge is 0.253 e. The molecule has 1 aromatic rings. The predicted molar refractivity (Wildman–Crippen MR) is 88.1 cm³/mol. The van der Waals surface area contributed by atoms with Gasteiger partial charge in [-0.05, 0) is 43.4 Å². The van der Waals surface area contributed by atoms with Gasteiger partial charge in [-0.2, -0.15) is 0 Å². The summed E-state index contributed by atoms with van der Waals surface area (Å²) in [6, 6.07) is 5.88. The van der Waals surface area contributed by atoms with Crippen LogP contribution in [0.5, 0.6) is 0 Å². The van der Waals surface area contributed by atoms with Crippen molar-refractivity contribution in [2.75, 3.05) is 25.0 Å². The number of rotatable bonds is 1. The van der Waals surface area contributed by atoms with Crippen molar-refractivity contribution in [3.63, 3.8) is 0 Å². The lowest BCUT2D eigenvalue weighted by Crippen LogP contribution is -2.46. The molecule has 1 atom stereocenters. The van der Waals surface area contributed by atoms with Crippen molar-refractivity contribution < 1.29 is 9.59 Å². The molecular formula is C18H21N3O2. The second kappa shape index (κ2) is 5.11. The number of piperidine rings is 1. The highest BCUT2D eigenvalue weighted by atomic mass is 16.2. The van der Waals surface area contributed by atoms with Gasteiger partial charge >= 0.3 is 0 Å². The van der Waals surface area contributed by atoms with Gasteiger partial charge in [0.1, 0.15) is 0 Å². The average molecular weight is 311 g/mol. The standard InChI is InChI=1S/C18H21N3O2/c1-12-4-6-18(17(23)20-12)7-9-21(11-18)16(22)14-3-2-13-5-8-19-15(13)10-14/h2-3,10,19H,1,4-9,11H2,(H,20,23). The lowest BCUT2D eigenvalue weighted by molar-refractivity contribution is -0.131. The van der Waals surface area contributed by atoms with Gasteiger partial charge in [-0.3, -0.25) is 9.59 Å². The van der Waals surface area contributed by atoms with Gasteiger partial charge in [0.2, 0.25) is 5.91 Å². The highest BCUT2D eigenvalue weighted by Crippen LogP contribution is 2.39. The Balaban J connectivity index is 1.52. The molecule has 23 heavy (non-hydrogen) atoms. The molecule has 3 aliphatic heterocycles. The van der Waals surface area contributed by atoms with Gasteiger partial charge in [0.25, 0.3) is 5.91 Å². The minimum Gasteiger partial charge on any atom is -0.384 e. The first-order valence-corrected chi connectivity index (χ1v) is 8.23. The number of fused-ring (bicyclic) bond motifs is 1. The number of carbonyl (C=O) groups is 2. The van der Waals surface area contributed by atoms with Crippen LogP contribution < -0.4 is 10.6 Å². The molecule has 1 aromatic carbocycles. The largest absolute Gasteiger partial charge is 0.384 e. The molecule has 0 aliphatic carbocycles. The number of carbonyl (C=O) groups excluding carboxylic acids is 2. The predicted octanol–water partition coefficient (Wildman–Crippen LogP) is 1.91. The number of likely N-dealkylation sites (tertiary alicyclic amines) is 1. The summed E-state index contributed by atoms with van der Waals surface area (Å²) in [5.41, 5.74) is 3.40. The Kier molecular flexibility index (Phi) is 3.18. The van der Waals surface area contributed by atoms with E-state index in [1.165, 1.54) is 5.56 Å². The summed E-state index contributed by atoms with van der Waals surface area (Å²) in [4.78, 5) is 27.0. The fourth-order valence-electron chi connectivity index (χ4n) is 3.90. The summed E-state index contributed by atoms with van der Waals surface area (Å²) >= 11 is 0. The van der Waals surface area contributed by atoms with E-state index in [-0.39, 0.29) is 11.8 Å². The molecule has 3 aliphatic rings. The Morgan fingerprint density at radius 3 is 2.96 bits per heavy atom. The van der Waals surface area contributed by atoms with Gasteiger partial charge in [0.05, 0.1) is 5.41 Å². The lowest BCUT2D eigenvalue weighted by atomic mass is 9.78. The van der Waals surface area contributed by atoms with Crippen molar-refractivity contribution in [2.45, 2.75) is 25.7 Å². The normalized spacial score (nSPS) is 26.2. The quantitative estimate of drug-likeness (QED) is 0.833. The highest BCUT2D eigenvalue weighted by Gasteiger charge is 2.47. The monoisotopic (exact) mass is 311 g/mol. The van der Waals surface area contributed by atoms with E-state index in [1.807, 2.05) is 23.1 Å². The molecule has 0 radical (unpaired) electrons. The van der Waals surface area contributed by atoms with Gasteiger partial charge in [0.15, 0.2) is 0 Å². The fraction of sp³-hybridized carbons (Fsp3) is 0.444. The Labute approximate surface area is 135 Å². The first-order chi connectivity index (χ1) is 11.1. The summed E-state index contributed by atoms with van der Waals surface area (Å²) in [5, 5.41) is 6.17. The zero-order valence-corrected chi connectivity index (χ0v) is 13.2. The van der Waals surface area contributed by atoms with E-state index in [0.717, 1.165) is 43.6 Å². The molecule has 2 fully saturated rings. The van der Waals surface area contributed by atoms with E-state index in [0.29, 0.717) is 18.7 Å². The van der Waals surface area contributed by atoms with Crippen LogP contribution in [-0.2, 0) is 11.2 Å². The van der Waals surface area contributed by atoms with Crippen LogP contribution in [0.1, 0.15) is 35.2 Å². The minimum absolute atomic E-state index is 0.0237. The lowest BCUT2D eigenvalue weighted by Gasteiger charge is -2.33. The summed E-state index contributed by atoms with van der Waals surface area (Å²) < 4.78 is 0. The van der Waals surface area contributed by atoms with Crippen LogP contribution in [0.4, 0.5) is 5.69 Å². The SMILES string of the molecule is C=C1CCC2(CCN(C(=O)c3ccc4c(c3)NCC4)C2)C(=O)N1. The fourth-order valence-corrected chi connectivity index (χ4v) is 3.90. The van der Waals surface area contributed by atoms with Crippen LogP contribution >= 0.6 is 0 Å². The molecule has 5 heteroatoms. The topological polar surface area (TPSA) is 61.4 Å². The molecule has 1 spiro atoms. The highest BCUT2D eigenvalue weighted by molar-refractivity contribution is 5.97. The van der Waals surface area contributed by atoms with E-state index < -0.39 is 5.41 Å². The molecular weight excluding hydrogens is 290 g/mol. The molecule has 3 heterocycles. The van der Waals surface area contributed by atoms with Crippen LogP contribution in [0.25, 0.3) is 0 Å². The van der Waals surface area contributed by atoms with Crippen molar-refractivity contribution in [1.29, 1.82) is 0 Å². The third kappa shape index (κ3) is 2.31. The van der Waals surface area contributed by atoms with E-state index in [2.05, 4.69) is 17.2 Å². The van der Waals surface area contributed by atoms with Crippen molar-refractivity contribution in [3.8, 4) is 0 Å². The van der Waals surface area contributed by atoms with Crippen molar-refractivity contribution in [1.82, 2.24) is 10.2 Å². The molecule has 0 bridgehead atoms. The average Bonchev–Trinajstić information content (AvgIpc) is 3.18. The zero-order valence-electron chi connectivity index (χ0n) is 13.2. The molecule has 0 aromatic heterocycles. The second-order valence-electron chi connectivity index (χ2n) is 6.86. The van der Waals surface area contributed by atoms with E-state index in [1.54, 1.807) is 0 Å². The number of benzene rings is 1. The van der Waals surface area contributed by atoms with Gasteiger partial charge in [-0.15, -0.1) is 0 Å². The maximum atomic E-state index is 12.8. The maximum Gasteiger partial charge on any atom is 0.253 e. The Bertz CT molecular complexity index is 712. The van der Waals surface area contributed by atoms with Crippen LogP contribution in [0.15, 0.2) is 30.5 Å². The second-order valence-corrected chi connectivity index (χ2v) is 6.86. The maximum absolute atomic E-state index is 12.8. The van der Waals surface area contributed by atoms with Gasteiger partial charge < -0.3 is 15.5 Å².